The fourth-order valence-electron chi connectivity index (χ4n) is 13.5. The van der Waals surface area contributed by atoms with Crippen LogP contribution >= 0.6 is 0 Å². The summed E-state index contributed by atoms with van der Waals surface area (Å²) in [5, 5.41) is 11.8. The first-order valence-electron chi connectivity index (χ1n) is 34.7. The third kappa shape index (κ3) is 18.3. The van der Waals surface area contributed by atoms with E-state index in [0.29, 0.717) is 18.7 Å². The van der Waals surface area contributed by atoms with Crippen molar-refractivity contribution in [3.63, 3.8) is 0 Å². The van der Waals surface area contributed by atoms with E-state index in [1.165, 1.54) is 155 Å². The Morgan fingerprint density at radius 3 is 1.33 bits per heavy atom. The average molecular weight is 1240 g/mol. The van der Waals surface area contributed by atoms with Gasteiger partial charge in [-0.2, -0.15) is 29.9 Å². The third-order valence-electron chi connectivity index (χ3n) is 19.1. The second kappa shape index (κ2) is 32.9. The van der Waals surface area contributed by atoms with E-state index in [1.807, 2.05) is 0 Å². The van der Waals surface area contributed by atoms with Crippen molar-refractivity contribution in [2.75, 3.05) is 126 Å². The van der Waals surface area contributed by atoms with Crippen molar-refractivity contribution >= 4 is 80.7 Å². The molecule has 488 valence electrons. The number of hydrogen-bond acceptors (Lipinski definition) is 16. The van der Waals surface area contributed by atoms with Gasteiger partial charge in [0.05, 0.1) is 6.61 Å². The van der Waals surface area contributed by atoms with Gasteiger partial charge < -0.3 is 55.1 Å². The predicted octanol–water partition coefficient (Wildman–Crippen LogP) is 16.3. The van der Waals surface area contributed by atoms with Gasteiger partial charge in [-0.1, -0.05) is 110 Å². The standard InChI is InChI=1S/C27H32N6.C25H37N5O.C23H33N5/c1-20-10-12-22(13-11-20)29-25-18-26(33-15-6-3-7-16-33)31-27(30-25)32(2)17-14-21-19-28-24-9-5-4-8-23(21)24;1-20-11-13-21(14-12-20)26-23-19-24(29-15-7-4-8-16-29)28-25(27-23)30(17-18-31-2)22-9-5-3-6-10-22;1-18-11-13-19(14-12-18)24-21-17-22(28-15-7-4-8-16-28)26-23(25-21)27(2)20-9-5-3-6-10-20/h4-5,8-13,18-19,28H,3,6-7,14-17H2,1-2H3,(H,29,30,31);11-14,19,22H,3-10,15-18H2,1-2H3,(H,26,27,28);11-14,17,20H,3-10,15-16H2,1-2H3,(H,24,25,26). The maximum atomic E-state index is 5.45. The topological polar surface area (TPSA) is 158 Å². The van der Waals surface area contributed by atoms with E-state index in [4.69, 9.17) is 34.6 Å². The number of aromatic nitrogens is 7. The number of nitrogens with one attached hydrogen (secondary N) is 4. The van der Waals surface area contributed by atoms with Crippen LogP contribution in [-0.2, 0) is 11.2 Å². The van der Waals surface area contributed by atoms with E-state index in [9.17, 15) is 0 Å². The Morgan fingerprint density at radius 1 is 0.457 bits per heavy atom. The molecule has 92 heavy (non-hydrogen) atoms. The molecule has 3 aliphatic heterocycles. The molecule has 0 bridgehead atoms. The van der Waals surface area contributed by atoms with Crippen LogP contribution in [0.2, 0.25) is 0 Å². The van der Waals surface area contributed by atoms with Crippen molar-refractivity contribution in [2.24, 2.45) is 0 Å². The molecule has 17 nitrogen and oxygen atoms in total. The molecule has 8 aromatic rings. The van der Waals surface area contributed by atoms with Crippen molar-refractivity contribution in [3.05, 3.63) is 144 Å². The summed E-state index contributed by atoms with van der Waals surface area (Å²) >= 11 is 0. The van der Waals surface area contributed by atoms with Crippen molar-refractivity contribution in [1.29, 1.82) is 0 Å². The monoisotopic (exact) mass is 1240 g/mol. The molecule has 17 heteroatoms. The van der Waals surface area contributed by atoms with E-state index in [0.717, 1.165) is 129 Å². The van der Waals surface area contributed by atoms with Crippen LogP contribution in [0.15, 0.2) is 121 Å². The lowest BCUT2D eigenvalue weighted by molar-refractivity contribution is 0.200. The van der Waals surface area contributed by atoms with Crippen LogP contribution in [0.5, 0.6) is 0 Å². The zero-order valence-corrected chi connectivity index (χ0v) is 56.0. The Kier molecular flexibility index (Phi) is 23.4. The molecule has 0 amide bonds. The molecule has 0 spiro atoms. The number of likely N-dealkylation sites (N-methyl/N-ethyl adjacent to an activating group) is 1. The van der Waals surface area contributed by atoms with E-state index < -0.39 is 0 Å². The van der Waals surface area contributed by atoms with Gasteiger partial charge in [-0.3, -0.25) is 0 Å². The summed E-state index contributed by atoms with van der Waals surface area (Å²) in [5.41, 5.74) is 9.43. The first kappa shape index (κ1) is 65.3. The van der Waals surface area contributed by atoms with Crippen LogP contribution in [0, 0.1) is 20.8 Å². The Morgan fingerprint density at radius 2 is 0.859 bits per heavy atom. The lowest BCUT2D eigenvalue weighted by Gasteiger charge is -2.35. The number of aryl methyl sites for hydroxylation is 3. The molecule has 0 unspecified atom stereocenters. The SMILES string of the molecule is COCCN(c1nc(Nc2ccc(C)cc2)cc(N2CCCCC2)n1)C1CCCCC1.Cc1ccc(Nc2cc(N3CCCCC3)nc(N(C)C3CCCCC3)n2)cc1.Cc1ccc(Nc2cc(N3CCCCC3)nc(N(C)CCc3c[nH]c4ccccc34)n2)cc1. The largest absolute Gasteiger partial charge is 0.383 e. The molecule has 13 rings (SSSR count). The number of anilines is 12. The fourth-order valence-corrected chi connectivity index (χ4v) is 13.5. The van der Waals surface area contributed by atoms with Crippen LogP contribution in [0.4, 0.5) is 69.8 Å². The second-order valence-corrected chi connectivity index (χ2v) is 26.3. The number of H-pyrrole nitrogens is 1. The highest BCUT2D eigenvalue weighted by atomic mass is 16.5. The molecule has 2 aliphatic carbocycles. The van der Waals surface area contributed by atoms with Crippen LogP contribution < -0.4 is 45.3 Å². The van der Waals surface area contributed by atoms with Crippen LogP contribution in [0.1, 0.15) is 144 Å². The van der Waals surface area contributed by atoms with Gasteiger partial charge in [-0.05, 0) is 159 Å². The van der Waals surface area contributed by atoms with Crippen LogP contribution in [0.3, 0.4) is 0 Å². The minimum absolute atomic E-state index is 0.493. The molecule has 2 saturated carbocycles. The number of aromatic amines is 1. The van der Waals surface area contributed by atoms with Gasteiger partial charge in [0, 0.05) is 138 Å². The Labute approximate surface area is 548 Å². The van der Waals surface area contributed by atoms with Crippen molar-refractivity contribution in [3.8, 4) is 0 Å². The molecule has 4 N–H and O–H groups in total. The number of fused-ring (bicyclic) bond motifs is 1. The fraction of sp³-hybridized carbons (Fsp3) is 0.493. The number of nitrogens with zero attached hydrogens (tertiary/aromatic N) is 12. The predicted molar refractivity (Wildman–Crippen MR) is 384 cm³/mol. The number of methoxy groups -OCH3 is 1. The summed E-state index contributed by atoms with van der Waals surface area (Å²) in [6.45, 7) is 15.1. The third-order valence-corrected chi connectivity index (χ3v) is 19.1. The number of rotatable bonds is 20. The minimum atomic E-state index is 0.493. The highest BCUT2D eigenvalue weighted by Crippen LogP contribution is 2.33. The molecule has 0 radical (unpaired) electrons. The molecule has 0 atom stereocenters. The van der Waals surface area contributed by atoms with Gasteiger partial charge >= 0.3 is 0 Å². The van der Waals surface area contributed by atoms with Crippen molar-refractivity contribution < 1.29 is 4.74 Å². The van der Waals surface area contributed by atoms with Crippen molar-refractivity contribution in [2.45, 2.75) is 161 Å². The molecule has 5 aliphatic rings. The Hall–Kier alpha value is -8.18. The van der Waals surface area contributed by atoms with Gasteiger partial charge in [0.1, 0.15) is 34.9 Å². The first-order valence-corrected chi connectivity index (χ1v) is 34.7. The maximum Gasteiger partial charge on any atom is 0.229 e. The summed E-state index contributed by atoms with van der Waals surface area (Å²) in [5.74, 6) is 8.14. The second-order valence-electron chi connectivity index (χ2n) is 26.3. The van der Waals surface area contributed by atoms with Gasteiger partial charge in [0.25, 0.3) is 0 Å². The Balaban J connectivity index is 0.000000142. The lowest BCUT2D eigenvalue weighted by atomic mass is 9.94. The first-order chi connectivity index (χ1) is 45.1. The Bertz CT molecular complexity index is 3510. The van der Waals surface area contributed by atoms with E-state index >= 15 is 0 Å². The van der Waals surface area contributed by atoms with Gasteiger partial charge in [-0.25, -0.2) is 0 Å². The summed E-state index contributed by atoms with van der Waals surface area (Å²) < 4.78 is 5.45. The summed E-state index contributed by atoms with van der Waals surface area (Å²) in [6.07, 6.45) is 27.2. The molecule has 4 aromatic carbocycles. The quantitative estimate of drug-likeness (QED) is 0.0571. The van der Waals surface area contributed by atoms with E-state index in [2.05, 4.69) is 207 Å². The normalized spacial score (nSPS) is 16.4. The molecule has 3 saturated heterocycles. The average Bonchev–Trinajstić information content (AvgIpc) is 1.34. The summed E-state index contributed by atoms with van der Waals surface area (Å²) in [4.78, 5) is 47.3. The van der Waals surface area contributed by atoms with Gasteiger partial charge in [0.15, 0.2) is 0 Å². The maximum absolute atomic E-state index is 5.45. The lowest BCUT2D eigenvalue weighted by Crippen LogP contribution is -2.40. The molecule has 4 aromatic heterocycles. The smallest absolute Gasteiger partial charge is 0.229 e. The number of benzene rings is 4. The highest BCUT2D eigenvalue weighted by molar-refractivity contribution is 5.83. The number of piperidine rings is 3. The summed E-state index contributed by atoms with van der Waals surface area (Å²) in [7, 11) is 6.02. The van der Waals surface area contributed by atoms with Crippen molar-refractivity contribution in [1.82, 2.24) is 34.9 Å². The minimum Gasteiger partial charge on any atom is -0.383 e. The van der Waals surface area contributed by atoms with Crippen LogP contribution in [-0.4, -0.2) is 127 Å². The number of hydrogen-bond donors (Lipinski definition) is 4. The zero-order valence-electron chi connectivity index (χ0n) is 56.0. The van der Waals surface area contributed by atoms with Gasteiger partial charge in [0.2, 0.25) is 17.8 Å². The van der Waals surface area contributed by atoms with Crippen LogP contribution in [0.25, 0.3) is 10.9 Å². The molecular weight excluding hydrogens is 1140 g/mol. The summed E-state index contributed by atoms with van der Waals surface area (Å²) in [6, 6.07) is 41.2. The molecule has 5 fully saturated rings. The molecular formula is C75H102N16O. The van der Waals surface area contributed by atoms with Gasteiger partial charge in [-0.15, -0.1) is 0 Å². The number of para-hydroxylation sites is 1. The highest BCUT2D eigenvalue weighted by Gasteiger charge is 2.27. The number of ether oxygens (including phenoxy) is 1. The molecule has 7 heterocycles. The van der Waals surface area contributed by atoms with E-state index in [-0.39, 0.29) is 0 Å². The van der Waals surface area contributed by atoms with E-state index in [1.54, 1.807) is 7.11 Å². The zero-order chi connectivity index (χ0) is 63.4.